The summed E-state index contributed by atoms with van der Waals surface area (Å²) in [6, 6.07) is 10.8. The maximum absolute atomic E-state index is 11.9. The van der Waals surface area contributed by atoms with E-state index in [2.05, 4.69) is 5.32 Å². The number of hydrogen-bond donors (Lipinski definition) is 2. The van der Waals surface area contributed by atoms with Crippen molar-refractivity contribution in [2.45, 2.75) is 6.92 Å². The number of ether oxygens (including phenoxy) is 1. The van der Waals surface area contributed by atoms with Gasteiger partial charge in [0.15, 0.2) is 0 Å². The molecular weight excluding hydrogens is 355 g/mol. The van der Waals surface area contributed by atoms with Crippen LogP contribution in [0.25, 0.3) is 0 Å². The van der Waals surface area contributed by atoms with E-state index in [1.165, 1.54) is 12.1 Å². The van der Waals surface area contributed by atoms with E-state index in [-0.39, 0.29) is 12.3 Å². The fourth-order valence-electron chi connectivity index (χ4n) is 1.97. The number of amides is 2. The van der Waals surface area contributed by atoms with Crippen molar-refractivity contribution in [3.8, 4) is 5.75 Å². The topological polar surface area (TPSA) is 78.9 Å². The highest BCUT2D eigenvalue weighted by molar-refractivity contribution is 6.42. The molecule has 0 unspecified atom stereocenters. The van der Waals surface area contributed by atoms with Crippen LogP contribution >= 0.6 is 23.2 Å². The zero-order valence-corrected chi connectivity index (χ0v) is 14.1. The predicted molar refractivity (Wildman–Crippen MR) is 93.6 cm³/mol. The monoisotopic (exact) mass is 368 g/mol. The van der Waals surface area contributed by atoms with Gasteiger partial charge in [-0.15, -0.1) is 0 Å². The van der Waals surface area contributed by atoms with Gasteiger partial charge in [0.25, 0.3) is 0 Å². The Morgan fingerprint density at radius 2 is 1.92 bits per heavy atom. The summed E-state index contributed by atoms with van der Waals surface area (Å²) in [5.74, 6) is 0.213. The molecule has 2 amide bonds. The van der Waals surface area contributed by atoms with Gasteiger partial charge in [0.2, 0.25) is 0 Å². The molecule has 0 bridgehead atoms. The maximum Gasteiger partial charge on any atom is 0.417 e. The summed E-state index contributed by atoms with van der Waals surface area (Å²) in [7, 11) is 0. The van der Waals surface area contributed by atoms with E-state index in [9.17, 15) is 9.59 Å². The van der Waals surface area contributed by atoms with Crippen LogP contribution in [0.2, 0.25) is 10.0 Å². The molecular formula is C16H14Cl2N2O4. The SMILES string of the molecule is CCN(C(=O)O)c1cccc(OC(=O)Nc2ccc(Cl)c(Cl)c2)c1. The normalized spacial score (nSPS) is 10.1. The average molecular weight is 369 g/mol. The highest BCUT2D eigenvalue weighted by Gasteiger charge is 2.13. The van der Waals surface area contributed by atoms with Crippen LogP contribution in [0, 0.1) is 0 Å². The fraction of sp³-hybridized carbons (Fsp3) is 0.125. The van der Waals surface area contributed by atoms with Crippen LogP contribution in [0.15, 0.2) is 42.5 Å². The summed E-state index contributed by atoms with van der Waals surface area (Å²) >= 11 is 11.7. The third-order valence-electron chi connectivity index (χ3n) is 3.05. The zero-order valence-electron chi connectivity index (χ0n) is 12.6. The van der Waals surface area contributed by atoms with Crippen LogP contribution in [0.3, 0.4) is 0 Å². The number of carbonyl (C=O) groups excluding carboxylic acids is 1. The minimum absolute atomic E-state index is 0.213. The second-order valence-electron chi connectivity index (χ2n) is 4.67. The van der Waals surface area contributed by atoms with Gasteiger partial charge >= 0.3 is 12.2 Å². The van der Waals surface area contributed by atoms with Gasteiger partial charge in [-0.05, 0) is 37.3 Å². The first-order chi connectivity index (χ1) is 11.4. The van der Waals surface area contributed by atoms with Gasteiger partial charge in [-0.3, -0.25) is 10.2 Å². The number of benzene rings is 2. The van der Waals surface area contributed by atoms with Crippen LogP contribution in [-0.2, 0) is 0 Å². The quantitative estimate of drug-likeness (QED) is 0.785. The molecule has 0 saturated heterocycles. The summed E-state index contributed by atoms with van der Waals surface area (Å²) < 4.78 is 5.16. The molecule has 6 nitrogen and oxygen atoms in total. The first kappa shape index (κ1) is 17.9. The van der Waals surface area contributed by atoms with E-state index in [0.29, 0.717) is 21.4 Å². The highest BCUT2D eigenvalue weighted by atomic mass is 35.5. The van der Waals surface area contributed by atoms with Crippen LogP contribution in [0.4, 0.5) is 21.0 Å². The number of carbonyl (C=O) groups is 2. The second kappa shape index (κ2) is 7.90. The Morgan fingerprint density at radius 1 is 1.17 bits per heavy atom. The first-order valence-corrected chi connectivity index (χ1v) is 7.70. The van der Waals surface area contributed by atoms with Crippen LogP contribution in [0.5, 0.6) is 5.75 Å². The Labute approximate surface area is 148 Å². The van der Waals surface area contributed by atoms with E-state index in [1.54, 1.807) is 37.3 Å². The van der Waals surface area contributed by atoms with Crippen molar-refractivity contribution in [1.82, 2.24) is 0 Å². The van der Waals surface area contributed by atoms with Gasteiger partial charge < -0.3 is 9.84 Å². The molecule has 2 aromatic carbocycles. The Bertz CT molecular complexity index is 767. The Hall–Kier alpha value is -2.44. The van der Waals surface area contributed by atoms with E-state index < -0.39 is 12.2 Å². The van der Waals surface area contributed by atoms with Crippen LogP contribution in [-0.4, -0.2) is 23.8 Å². The van der Waals surface area contributed by atoms with Gasteiger partial charge in [-0.2, -0.15) is 0 Å². The van der Waals surface area contributed by atoms with E-state index in [4.69, 9.17) is 33.0 Å². The van der Waals surface area contributed by atoms with Gasteiger partial charge in [0, 0.05) is 18.3 Å². The Morgan fingerprint density at radius 3 is 2.54 bits per heavy atom. The van der Waals surface area contributed by atoms with Gasteiger partial charge in [0.05, 0.1) is 15.7 Å². The molecule has 0 atom stereocenters. The van der Waals surface area contributed by atoms with Crippen molar-refractivity contribution < 1.29 is 19.4 Å². The highest BCUT2D eigenvalue weighted by Crippen LogP contribution is 2.26. The van der Waals surface area contributed by atoms with E-state index >= 15 is 0 Å². The lowest BCUT2D eigenvalue weighted by Gasteiger charge is -2.17. The Balaban J connectivity index is 2.08. The van der Waals surface area contributed by atoms with Crippen molar-refractivity contribution >= 4 is 46.8 Å². The number of hydrogen-bond acceptors (Lipinski definition) is 3. The number of anilines is 2. The lowest BCUT2D eigenvalue weighted by molar-refractivity contribution is 0.202. The molecule has 2 aromatic rings. The average Bonchev–Trinajstić information content (AvgIpc) is 2.51. The third-order valence-corrected chi connectivity index (χ3v) is 3.79. The number of halogens is 2. The number of rotatable bonds is 4. The number of nitrogens with one attached hydrogen (secondary N) is 1. The van der Waals surface area contributed by atoms with Gasteiger partial charge in [0.1, 0.15) is 5.75 Å². The van der Waals surface area contributed by atoms with E-state index in [0.717, 1.165) is 4.90 Å². The third kappa shape index (κ3) is 4.53. The summed E-state index contributed by atoms with van der Waals surface area (Å²) in [5, 5.41) is 12.3. The molecule has 24 heavy (non-hydrogen) atoms. The molecule has 0 spiro atoms. The van der Waals surface area contributed by atoms with E-state index in [1.807, 2.05) is 0 Å². The number of nitrogens with zero attached hydrogens (tertiary/aromatic N) is 1. The number of carboxylic acid groups (broad SMARTS) is 1. The maximum atomic E-state index is 11.9. The molecule has 0 saturated carbocycles. The zero-order chi connectivity index (χ0) is 17.7. The minimum atomic E-state index is -1.09. The molecule has 0 aromatic heterocycles. The fourth-order valence-corrected chi connectivity index (χ4v) is 2.27. The van der Waals surface area contributed by atoms with Gasteiger partial charge in [-0.1, -0.05) is 29.3 Å². The van der Waals surface area contributed by atoms with Crippen molar-refractivity contribution in [2.24, 2.45) is 0 Å². The van der Waals surface area contributed by atoms with Crippen LogP contribution in [0.1, 0.15) is 6.92 Å². The molecule has 2 rings (SSSR count). The molecule has 8 heteroatoms. The standard InChI is InChI=1S/C16H14Cl2N2O4/c1-2-20(16(22)23)11-4-3-5-12(9-11)24-15(21)19-10-6-7-13(17)14(18)8-10/h3-9H,2H2,1H3,(H,19,21)(H,22,23). The summed E-state index contributed by atoms with van der Waals surface area (Å²) in [5.41, 5.74) is 0.830. The van der Waals surface area contributed by atoms with Crippen molar-refractivity contribution in [3.63, 3.8) is 0 Å². The molecule has 0 radical (unpaired) electrons. The molecule has 0 fully saturated rings. The molecule has 0 aliphatic carbocycles. The predicted octanol–water partition coefficient (Wildman–Crippen LogP) is 5.11. The van der Waals surface area contributed by atoms with Crippen molar-refractivity contribution in [2.75, 3.05) is 16.8 Å². The first-order valence-electron chi connectivity index (χ1n) is 6.95. The minimum Gasteiger partial charge on any atom is -0.465 e. The molecule has 0 heterocycles. The molecule has 126 valence electrons. The molecule has 2 N–H and O–H groups in total. The van der Waals surface area contributed by atoms with Gasteiger partial charge in [-0.25, -0.2) is 9.59 Å². The largest absolute Gasteiger partial charge is 0.465 e. The Kier molecular flexibility index (Phi) is 5.89. The smallest absolute Gasteiger partial charge is 0.417 e. The summed E-state index contributed by atoms with van der Waals surface area (Å²) in [6.45, 7) is 1.98. The lowest BCUT2D eigenvalue weighted by Crippen LogP contribution is -2.28. The lowest BCUT2D eigenvalue weighted by atomic mass is 10.3. The molecule has 0 aliphatic heterocycles. The van der Waals surface area contributed by atoms with Crippen LogP contribution < -0.4 is 15.0 Å². The van der Waals surface area contributed by atoms with Crippen molar-refractivity contribution in [1.29, 1.82) is 0 Å². The second-order valence-corrected chi connectivity index (χ2v) is 5.48. The summed E-state index contributed by atoms with van der Waals surface area (Å²) in [4.78, 5) is 24.2. The summed E-state index contributed by atoms with van der Waals surface area (Å²) in [6.07, 6.45) is -1.82. The van der Waals surface area contributed by atoms with Crippen molar-refractivity contribution in [3.05, 3.63) is 52.5 Å². The molecule has 0 aliphatic rings.